The molecule has 0 N–H and O–H groups in total. The van der Waals surface area contributed by atoms with Crippen LogP contribution in [0.1, 0.15) is 19.2 Å². The van der Waals surface area contributed by atoms with E-state index in [4.69, 9.17) is 4.42 Å². The molecule has 2 heterocycles. The molecule has 26 heavy (non-hydrogen) atoms. The van der Waals surface area contributed by atoms with Gasteiger partial charge in [-0.15, -0.1) is 21.5 Å². The highest BCUT2D eigenvalue weighted by atomic mass is 32.2. The van der Waals surface area contributed by atoms with Gasteiger partial charge in [-0.05, 0) is 30.0 Å². The minimum absolute atomic E-state index is 0.0994. The van der Waals surface area contributed by atoms with E-state index in [1.807, 2.05) is 11.4 Å². The molecule has 0 radical (unpaired) electrons. The lowest BCUT2D eigenvalue weighted by Gasteiger charge is -2.20. The number of thiophene rings is 1. The maximum Gasteiger partial charge on any atom is 0.257 e. The average molecular weight is 399 g/mol. The van der Waals surface area contributed by atoms with Gasteiger partial charge in [0.25, 0.3) is 5.89 Å². The zero-order valence-corrected chi connectivity index (χ0v) is 15.4. The Morgan fingerprint density at radius 1 is 1.19 bits per heavy atom. The summed E-state index contributed by atoms with van der Waals surface area (Å²) in [6, 6.07) is 5.82. The Hall–Kier alpha value is -2.17. The quantitative estimate of drug-likeness (QED) is 0.606. The Bertz CT molecular complexity index is 968. The molecule has 0 bridgehead atoms. The van der Waals surface area contributed by atoms with E-state index in [0.717, 1.165) is 21.3 Å². The predicted molar refractivity (Wildman–Crippen MR) is 91.9 cm³/mol. The van der Waals surface area contributed by atoms with E-state index in [9.17, 15) is 17.2 Å². The zero-order chi connectivity index (χ0) is 18.7. The lowest BCUT2D eigenvalue weighted by molar-refractivity contribution is 0.357. The van der Waals surface area contributed by atoms with Gasteiger partial charge in [0.05, 0.1) is 16.3 Å². The Morgan fingerprint density at radius 3 is 2.54 bits per heavy atom. The third kappa shape index (κ3) is 3.97. The Labute approximate surface area is 153 Å². The second-order valence-corrected chi connectivity index (χ2v) is 8.31. The van der Waals surface area contributed by atoms with E-state index in [-0.39, 0.29) is 19.0 Å². The van der Waals surface area contributed by atoms with Crippen LogP contribution >= 0.6 is 11.3 Å². The summed E-state index contributed by atoms with van der Waals surface area (Å²) in [5, 5.41) is 9.63. The Balaban J connectivity index is 1.89. The van der Waals surface area contributed by atoms with Crippen molar-refractivity contribution in [3.05, 3.63) is 53.2 Å². The highest BCUT2D eigenvalue weighted by molar-refractivity contribution is 7.89. The normalized spacial score (nSPS) is 12.0. The fourth-order valence-corrected chi connectivity index (χ4v) is 4.50. The van der Waals surface area contributed by atoms with Gasteiger partial charge in [-0.2, -0.15) is 4.31 Å². The average Bonchev–Trinajstić information content (AvgIpc) is 3.24. The van der Waals surface area contributed by atoms with E-state index < -0.39 is 26.6 Å². The molecule has 0 unspecified atom stereocenters. The molecule has 0 fully saturated rings. The Kier molecular flexibility index (Phi) is 5.44. The molecule has 10 heteroatoms. The largest absolute Gasteiger partial charge is 0.418 e. The monoisotopic (exact) mass is 399 g/mol. The summed E-state index contributed by atoms with van der Waals surface area (Å²) in [5.41, 5.74) is 0. The number of aromatic nitrogens is 2. The van der Waals surface area contributed by atoms with Crippen LogP contribution in [0.3, 0.4) is 0 Å². The van der Waals surface area contributed by atoms with Crippen LogP contribution in [0.4, 0.5) is 8.78 Å². The first-order valence-corrected chi connectivity index (χ1v) is 10.0. The number of hydrogen-bond donors (Lipinski definition) is 0. The third-order valence-electron chi connectivity index (χ3n) is 3.46. The molecular formula is C16H15F2N3O3S2. The number of nitrogens with zero attached hydrogens (tertiary/aromatic N) is 3. The molecule has 1 aromatic carbocycles. The standard InChI is InChI=1S/C16H15F2N3O3S2/c1-2-5-21(26(22,23)13-8-11(17)7-12(18)9-13)10-15-19-20-16(24-15)14-4-3-6-25-14/h3-4,6-9H,2,5,10H2,1H3. The second kappa shape index (κ2) is 7.60. The van der Waals surface area contributed by atoms with Crippen molar-refractivity contribution in [1.29, 1.82) is 0 Å². The minimum Gasteiger partial charge on any atom is -0.418 e. The summed E-state index contributed by atoms with van der Waals surface area (Å²) in [7, 11) is -4.12. The van der Waals surface area contributed by atoms with Crippen LogP contribution in [0.5, 0.6) is 0 Å². The zero-order valence-electron chi connectivity index (χ0n) is 13.7. The number of hydrogen-bond acceptors (Lipinski definition) is 6. The van der Waals surface area contributed by atoms with Crippen LogP contribution in [0.2, 0.25) is 0 Å². The van der Waals surface area contributed by atoms with Gasteiger partial charge in [0, 0.05) is 12.6 Å². The van der Waals surface area contributed by atoms with Crippen molar-refractivity contribution in [3.63, 3.8) is 0 Å². The molecule has 0 amide bonds. The predicted octanol–water partition coefficient (Wildman–Crippen LogP) is 3.68. The van der Waals surface area contributed by atoms with Gasteiger partial charge in [0.15, 0.2) is 0 Å². The van der Waals surface area contributed by atoms with Crippen molar-refractivity contribution in [1.82, 2.24) is 14.5 Å². The van der Waals surface area contributed by atoms with Crippen molar-refractivity contribution < 1.29 is 21.6 Å². The van der Waals surface area contributed by atoms with Crippen LogP contribution in [-0.2, 0) is 16.6 Å². The highest BCUT2D eigenvalue weighted by Gasteiger charge is 2.27. The highest BCUT2D eigenvalue weighted by Crippen LogP contribution is 2.25. The van der Waals surface area contributed by atoms with Crippen molar-refractivity contribution >= 4 is 21.4 Å². The molecule has 0 saturated heterocycles. The van der Waals surface area contributed by atoms with Crippen molar-refractivity contribution in [2.24, 2.45) is 0 Å². The smallest absolute Gasteiger partial charge is 0.257 e. The van der Waals surface area contributed by atoms with Crippen molar-refractivity contribution in [2.45, 2.75) is 24.8 Å². The van der Waals surface area contributed by atoms with Gasteiger partial charge in [-0.3, -0.25) is 0 Å². The van der Waals surface area contributed by atoms with Crippen molar-refractivity contribution in [2.75, 3.05) is 6.54 Å². The maximum absolute atomic E-state index is 13.4. The summed E-state index contributed by atoms with van der Waals surface area (Å²) in [5.74, 6) is -1.53. The van der Waals surface area contributed by atoms with E-state index in [1.54, 1.807) is 13.0 Å². The molecule has 0 atom stereocenters. The summed E-state index contributed by atoms with van der Waals surface area (Å²) >= 11 is 1.41. The van der Waals surface area contributed by atoms with Crippen LogP contribution in [-0.4, -0.2) is 29.5 Å². The summed E-state index contributed by atoms with van der Waals surface area (Å²) in [6.45, 7) is 1.74. The second-order valence-electron chi connectivity index (χ2n) is 5.42. The molecule has 3 rings (SSSR count). The minimum atomic E-state index is -4.12. The summed E-state index contributed by atoms with van der Waals surface area (Å²) in [6.07, 6.45) is 0.503. The SMILES string of the molecule is CCCN(Cc1nnc(-c2cccs2)o1)S(=O)(=O)c1cc(F)cc(F)c1. The molecule has 0 aliphatic rings. The van der Waals surface area contributed by atoms with E-state index in [0.29, 0.717) is 18.4 Å². The first-order valence-electron chi connectivity index (χ1n) is 7.72. The fourth-order valence-electron chi connectivity index (χ4n) is 2.33. The molecule has 3 aromatic rings. The van der Waals surface area contributed by atoms with E-state index in [1.165, 1.54) is 11.3 Å². The number of benzene rings is 1. The Morgan fingerprint density at radius 2 is 1.92 bits per heavy atom. The van der Waals surface area contributed by atoms with Gasteiger partial charge in [0.1, 0.15) is 11.6 Å². The third-order valence-corrected chi connectivity index (χ3v) is 6.14. The molecule has 0 saturated carbocycles. The van der Waals surface area contributed by atoms with Gasteiger partial charge < -0.3 is 4.42 Å². The van der Waals surface area contributed by atoms with Gasteiger partial charge in [0.2, 0.25) is 15.9 Å². The topological polar surface area (TPSA) is 76.3 Å². The maximum atomic E-state index is 13.4. The number of halogens is 2. The van der Waals surface area contributed by atoms with Gasteiger partial charge in [-0.25, -0.2) is 17.2 Å². The van der Waals surface area contributed by atoms with Crippen LogP contribution in [0.15, 0.2) is 45.0 Å². The van der Waals surface area contributed by atoms with E-state index in [2.05, 4.69) is 10.2 Å². The molecule has 0 aliphatic carbocycles. The van der Waals surface area contributed by atoms with Gasteiger partial charge >= 0.3 is 0 Å². The van der Waals surface area contributed by atoms with Gasteiger partial charge in [-0.1, -0.05) is 13.0 Å². The number of rotatable bonds is 7. The van der Waals surface area contributed by atoms with E-state index >= 15 is 0 Å². The number of sulfonamides is 1. The lowest BCUT2D eigenvalue weighted by Crippen LogP contribution is -2.31. The lowest BCUT2D eigenvalue weighted by atomic mass is 10.3. The van der Waals surface area contributed by atoms with Crippen LogP contribution < -0.4 is 0 Å². The molecule has 138 valence electrons. The van der Waals surface area contributed by atoms with Crippen LogP contribution in [0, 0.1) is 11.6 Å². The van der Waals surface area contributed by atoms with Crippen molar-refractivity contribution in [3.8, 4) is 10.8 Å². The van der Waals surface area contributed by atoms with Crippen LogP contribution in [0.25, 0.3) is 10.8 Å². The molecule has 6 nitrogen and oxygen atoms in total. The molecule has 0 spiro atoms. The molecule has 2 aromatic heterocycles. The molecule has 0 aliphatic heterocycles. The molecular weight excluding hydrogens is 384 g/mol. The first kappa shape index (κ1) is 18.6. The summed E-state index contributed by atoms with van der Waals surface area (Å²) in [4.78, 5) is 0.308. The first-order chi connectivity index (χ1) is 12.4. The fraction of sp³-hybridized carbons (Fsp3) is 0.250. The summed E-state index contributed by atoms with van der Waals surface area (Å²) < 4.78 is 59.0.